The molecule has 0 aromatic heterocycles. The van der Waals surface area contributed by atoms with Crippen molar-refractivity contribution in [3.63, 3.8) is 0 Å². The third-order valence-electron chi connectivity index (χ3n) is 0.830. The van der Waals surface area contributed by atoms with Gasteiger partial charge in [0.05, 0.1) is 6.61 Å². The minimum atomic E-state index is -0.304. The van der Waals surface area contributed by atoms with E-state index in [4.69, 9.17) is 0 Å². The molecule has 0 fully saturated rings. The molecule has 0 aromatic carbocycles. The fourth-order valence-corrected chi connectivity index (χ4v) is 0.991. The number of rotatable bonds is 3. The number of hydrogen-bond donors (Lipinski definition) is 1. The van der Waals surface area contributed by atoms with Gasteiger partial charge in [-0.15, -0.1) is 0 Å². The van der Waals surface area contributed by atoms with Crippen LogP contribution in [0.15, 0.2) is 0 Å². The van der Waals surface area contributed by atoms with Crippen LogP contribution in [0, 0.1) is 0 Å². The normalized spacial score (nSPS) is 9.80. The van der Waals surface area contributed by atoms with Crippen molar-refractivity contribution < 1.29 is 9.53 Å². The highest BCUT2D eigenvalue weighted by Gasteiger charge is 1.92. The highest BCUT2D eigenvalue weighted by molar-refractivity contribution is 6.47. The molecule has 0 radical (unpaired) electrons. The van der Waals surface area contributed by atoms with Crippen molar-refractivity contribution in [1.82, 2.24) is 4.98 Å². The molecular formula is C6H13NO2Si. The molecule has 10 heavy (non-hydrogen) atoms. The first kappa shape index (κ1) is 9.36. The van der Waals surface area contributed by atoms with E-state index in [-0.39, 0.29) is 15.4 Å². The van der Waals surface area contributed by atoms with E-state index < -0.39 is 0 Å². The lowest BCUT2D eigenvalue weighted by molar-refractivity contribution is 0.159. The quantitative estimate of drug-likeness (QED) is 0.601. The van der Waals surface area contributed by atoms with E-state index in [2.05, 4.69) is 15.4 Å². The Hall–Kier alpha value is -0.643. The SMILES string of the molecule is CCC=[SiH]NC(=O)OCC. The number of carbonyl (C=O) groups excluding carboxylic acids is 1. The maximum absolute atomic E-state index is 10.6. The largest absolute Gasteiger partial charge is 0.450 e. The maximum Gasteiger partial charge on any atom is 0.402 e. The Morgan fingerprint density at radius 1 is 1.70 bits per heavy atom. The Labute approximate surface area is 63.3 Å². The minimum absolute atomic E-state index is 0.0666. The summed E-state index contributed by atoms with van der Waals surface area (Å²) in [6, 6.07) is 0. The standard InChI is InChI=1S/C6H13NO2Si/c1-3-5-10-7-6(8)9-4-2/h5,10H,3-4H2,1-2H3,(H,7,8). The van der Waals surface area contributed by atoms with Crippen LogP contribution in [-0.2, 0) is 4.74 Å². The molecule has 3 nitrogen and oxygen atoms in total. The Kier molecular flexibility index (Phi) is 6.06. The number of hydrogen-bond acceptors (Lipinski definition) is 2. The predicted octanol–water partition coefficient (Wildman–Crippen LogP) is 0.296. The van der Waals surface area contributed by atoms with Crippen molar-refractivity contribution in [2.24, 2.45) is 0 Å². The van der Waals surface area contributed by atoms with Crippen LogP contribution in [0.5, 0.6) is 0 Å². The molecule has 0 bridgehead atoms. The first-order chi connectivity index (χ1) is 4.81. The number of amides is 1. The van der Waals surface area contributed by atoms with Crippen LogP contribution in [0.4, 0.5) is 4.79 Å². The predicted molar refractivity (Wildman–Crippen MR) is 43.7 cm³/mol. The summed E-state index contributed by atoms with van der Waals surface area (Å²) in [5.74, 6) is 0. The van der Waals surface area contributed by atoms with Gasteiger partial charge in [-0.1, -0.05) is 12.6 Å². The van der Waals surface area contributed by atoms with Gasteiger partial charge in [-0.05, 0) is 13.3 Å². The van der Waals surface area contributed by atoms with Crippen LogP contribution in [0.1, 0.15) is 20.3 Å². The molecule has 0 aliphatic carbocycles. The molecule has 0 rings (SSSR count). The van der Waals surface area contributed by atoms with E-state index in [0.717, 1.165) is 6.42 Å². The van der Waals surface area contributed by atoms with E-state index in [1.165, 1.54) is 0 Å². The van der Waals surface area contributed by atoms with E-state index in [1.807, 2.05) is 6.92 Å². The van der Waals surface area contributed by atoms with Gasteiger partial charge in [0.2, 0.25) is 0 Å². The zero-order chi connectivity index (χ0) is 7.82. The number of nitrogens with one attached hydrogen (secondary N) is 1. The summed E-state index contributed by atoms with van der Waals surface area (Å²) in [5.41, 5.74) is 2.05. The molecule has 0 unspecified atom stereocenters. The Bertz CT molecular complexity index is 125. The first-order valence-corrected chi connectivity index (χ1v) is 4.64. The van der Waals surface area contributed by atoms with E-state index in [9.17, 15) is 4.79 Å². The van der Waals surface area contributed by atoms with Gasteiger partial charge < -0.3 is 9.72 Å². The molecule has 4 heteroatoms. The van der Waals surface area contributed by atoms with Crippen LogP contribution >= 0.6 is 0 Å². The minimum Gasteiger partial charge on any atom is -0.450 e. The third kappa shape index (κ3) is 5.49. The average Bonchev–Trinajstić information content (AvgIpc) is 1.89. The molecule has 0 heterocycles. The second-order valence-electron chi connectivity index (χ2n) is 1.68. The van der Waals surface area contributed by atoms with Crippen LogP contribution in [0.25, 0.3) is 0 Å². The lowest BCUT2D eigenvalue weighted by Gasteiger charge is -1.97. The topological polar surface area (TPSA) is 38.3 Å². The zero-order valence-electron chi connectivity index (χ0n) is 6.39. The van der Waals surface area contributed by atoms with Crippen molar-refractivity contribution in [1.29, 1.82) is 0 Å². The lowest BCUT2D eigenvalue weighted by Crippen LogP contribution is -2.24. The van der Waals surface area contributed by atoms with Crippen molar-refractivity contribution in [2.75, 3.05) is 6.61 Å². The average molecular weight is 159 g/mol. The highest BCUT2D eigenvalue weighted by atomic mass is 28.2. The molecule has 0 aliphatic heterocycles. The van der Waals surface area contributed by atoms with Crippen LogP contribution in [0.2, 0.25) is 0 Å². The summed E-state index contributed by atoms with van der Waals surface area (Å²) in [6.07, 6.45) is 0.698. The fraction of sp³-hybridized carbons (Fsp3) is 0.667. The van der Waals surface area contributed by atoms with Gasteiger partial charge in [0.1, 0.15) is 9.29 Å². The van der Waals surface area contributed by atoms with Gasteiger partial charge in [0.15, 0.2) is 0 Å². The Balaban J connectivity index is 3.30. The second kappa shape index (κ2) is 6.48. The molecule has 0 aliphatic rings. The molecule has 0 spiro atoms. The molecule has 1 amide bonds. The summed E-state index contributed by atoms with van der Waals surface area (Å²) in [5, 5.41) is 0. The molecule has 58 valence electrons. The second-order valence-corrected chi connectivity index (χ2v) is 2.77. The lowest BCUT2D eigenvalue weighted by atomic mass is 10.6. The van der Waals surface area contributed by atoms with Gasteiger partial charge in [-0.2, -0.15) is 0 Å². The smallest absolute Gasteiger partial charge is 0.402 e. The van der Waals surface area contributed by atoms with Gasteiger partial charge in [-0.3, -0.25) is 0 Å². The third-order valence-corrected chi connectivity index (χ3v) is 1.94. The number of ether oxygens (including phenoxy) is 1. The molecule has 0 saturated carbocycles. The van der Waals surface area contributed by atoms with E-state index in [1.54, 1.807) is 6.92 Å². The first-order valence-electron chi connectivity index (χ1n) is 3.39. The monoisotopic (exact) mass is 159 g/mol. The summed E-state index contributed by atoms with van der Waals surface area (Å²) >= 11 is 0. The summed E-state index contributed by atoms with van der Waals surface area (Å²) in [4.78, 5) is 13.2. The molecule has 1 N–H and O–H groups in total. The van der Waals surface area contributed by atoms with Crippen molar-refractivity contribution in [2.45, 2.75) is 20.3 Å². The zero-order valence-corrected chi connectivity index (χ0v) is 7.54. The van der Waals surface area contributed by atoms with E-state index >= 15 is 0 Å². The van der Waals surface area contributed by atoms with Gasteiger partial charge in [0.25, 0.3) is 0 Å². The van der Waals surface area contributed by atoms with Crippen LogP contribution < -0.4 is 4.98 Å². The summed E-state index contributed by atoms with van der Waals surface area (Å²) in [7, 11) is -0.0666. The van der Waals surface area contributed by atoms with Crippen molar-refractivity contribution in [3.8, 4) is 0 Å². The van der Waals surface area contributed by atoms with Gasteiger partial charge in [0, 0.05) is 0 Å². The molecule has 0 saturated heterocycles. The van der Waals surface area contributed by atoms with Crippen LogP contribution in [0.3, 0.4) is 0 Å². The Morgan fingerprint density at radius 2 is 2.40 bits per heavy atom. The molecule has 0 aromatic rings. The number of carbonyl (C=O) groups is 1. The summed E-state index contributed by atoms with van der Waals surface area (Å²) in [6.45, 7) is 4.27. The highest BCUT2D eigenvalue weighted by Crippen LogP contribution is 1.71. The van der Waals surface area contributed by atoms with Gasteiger partial charge in [-0.25, -0.2) is 4.79 Å². The van der Waals surface area contributed by atoms with Gasteiger partial charge >= 0.3 is 6.09 Å². The molecular weight excluding hydrogens is 146 g/mol. The van der Waals surface area contributed by atoms with Crippen LogP contribution in [-0.4, -0.2) is 27.7 Å². The molecule has 0 atom stereocenters. The fourth-order valence-electron chi connectivity index (χ4n) is 0.418. The van der Waals surface area contributed by atoms with Crippen molar-refractivity contribution in [3.05, 3.63) is 0 Å². The van der Waals surface area contributed by atoms with E-state index in [0.29, 0.717) is 6.61 Å². The Morgan fingerprint density at radius 3 is 2.90 bits per heavy atom. The summed E-state index contributed by atoms with van der Waals surface area (Å²) < 4.78 is 4.64. The maximum atomic E-state index is 10.6. The van der Waals surface area contributed by atoms with Crippen molar-refractivity contribution >= 4 is 21.1 Å².